The number of benzene rings is 2. The number of phenols is 1. The molecule has 0 aliphatic rings. The first kappa shape index (κ1) is 20.8. The van der Waals surface area contributed by atoms with E-state index in [1.165, 1.54) is 7.11 Å². The van der Waals surface area contributed by atoms with Crippen LogP contribution in [0, 0.1) is 0 Å². The van der Waals surface area contributed by atoms with Crippen LogP contribution in [0.2, 0.25) is 0 Å². The standard InChI is InChI=1S/C22H28O5/c1-5-26-16(2)27-20-12-8-18(9-13-20)22(3,15-14-21(24)25-4)17-6-10-19(23)11-7-17/h6-13,16,23H,5,14-15H2,1-4H3. The molecule has 2 unspecified atom stereocenters. The molecule has 0 heterocycles. The van der Waals surface area contributed by atoms with Gasteiger partial charge in [0.1, 0.15) is 11.5 Å². The van der Waals surface area contributed by atoms with Crippen LogP contribution in [0.1, 0.15) is 44.7 Å². The van der Waals surface area contributed by atoms with Crippen molar-refractivity contribution >= 4 is 5.97 Å². The van der Waals surface area contributed by atoms with Gasteiger partial charge >= 0.3 is 5.97 Å². The van der Waals surface area contributed by atoms with E-state index in [-0.39, 0.29) is 18.0 Å². The zero-order valence-electron chi connectivity index (χ0n) is 16.4. The van der Waals surface area contributed by atoms with Crippen LogP contribution in [-0.4, -0.2) is 31.1 Å². The second-order valence-corrected chi connectivity index (χ2v) is 6.62. The maximum Gasteiger partial charge on any atom is 0.305 e. The molecule has 0 fully saturated rings. The van der Waals surface area contributed by atoms with Crippen molar-refractivity contribution in [2.24, 2.45) is 0 Å². The van der Waals surface area contributed by atoms with Crippen LogP contribution in [0.5, 0.6) is 11.5 Å². The van der Waals surface area contributed by atoms with Gasteiger partial charge in [0, 0.05) is 18.4 Å². The van der Waals surface area contributed by atoms with E-state index >= 15 is 0 Å². The fourth-order valence-electron chi connectivity index (χ4n) is 3.10. The third-order valence-corrected chi connectivity index (χ3v) is 4.76. The Labute approximate surface area is 160 Å². The van der Waals surface area contributed by atoms with E-state index in [1.807, 2.05) is 50.2 Å². The monoisotopic (exact) mass is 372 g/mol. The molecule has 2 atom stereocenters. The summed E-state index contributed by atoms with van der Waals surface area (Å²) in [5.74, 6) is 0.689. The van der Waals surface area contributed by atoms with Gasteiger partial charge in [-0.2, -0.15) is 0 Å². The summed E-state index contributed by atoms with van der Waals surface area (Å²) in [5, 5.41) is 9.61. The zero-order valence-corrected chi connectivity index (χ0v) is 16.4. The molecular formula is C22H28O5. The fourth-order valence-corrected chi connectivity index (χ4v) is 3.10. The lowest BCUT2D eigenvalue weighted by Gasteiger charge is -2.31. The maximum atomic E-state index is 11.7. The predicted octanol–water partition coefficient (Wildman–Crippen LogP) is 4.41. The lowest BCUT2D eigenvalue weighted by Crippen LogP contribution is -2.25. The van der Waals surface area contributed by atoms with Crippen molar-refractivity contribution in [3.05, 3.63) is 59.7 Å². The van der Waals surface area contributed by atoms with E-state index in [9.17, 15) is 9.90 Å². The molecule has 0 spiro atoms. The molecule has 0 aliphatic carbocycles. The average molecular weight is 372 g/mol. The molecule has 0 saturated carbocycles. The SMILES string of the molecule is CCOC(C)Oc1ccc(C(C)(CCC(=O)OC)c2ccc(O)cc2)cc1. The van der Waals surface area contributed by atoms with Crippen LogP contribution in [0.15, 0.2) is 48.5 Å². The van der Waals surface area contributed by atoms with E-state index in [0.29, 0.717) is 19.4 Å². The topological polar surface area (TPSA) is 65.0 Å². The summed E-state index contributed by atoms with van der Waals surface area (Å²) < 4.78 is 15.9. The van der Waals surface area contributed by atoms with Gasteiger partial charge in [-0.1, -0.05) is 31.2 Å². The lowest BCUT2D eigenvalue weighted by molar-refractivity contribution is -0.140. The summed E-state index contributed by atoms with van der Waals surface area (Å²) in [5.41, 5.74) is 1.65. The number of hydrogen-bond donors (Lipinski definition) is 1. The van der Waals surface area contributed by atoms with Crippen LogP contribution in [0.3, 0.4) is 0 Å². The Morgan fingerprint density at radius 1 is 1.07 bits per heavy atom. The molecule has 0 bridgehead atoms. The number of hydrogen-bond acceptors (Lipinski definition) is 5. The largest absolute Gasteiger partial charge is 0.508 e. The Morgan fingerprint density at radius 3 is 2.15 bits per heavy atom. The van der Waals surface area contributed by atoms with Crippen molar-refractivity contribution < 1.29 is 24.1 Å². The molecule has 5 nitrogen and oxygen atoms in total. The van der Waals surface area contributed by atoms with Gasteiger partial charge in [-0.15, -0.1) is 0 Å². The summed E-state index contributed by atoms with van der Waals surface area (Å²) in [6.45, 7) is 6.45. The first-order valence-corrected chi connectivity index (χ1v) is 9.14. The molecule has 0 amide bonds. The Kier molecular flexibility index (Phi) is 7.25. The quantitative estimate of drug-likeness (QED) is 0.522. The lowest BCUT2D eigenvalue weighted by atomic mass is 9.73. The van der Waals surface area contributed by atoms with Gasteiger partial charge < -0.3 is 19.3 Å². The smallest absolute Gasteiger partial charge is 0.305 e. The molecule has 2 aromatic carbocycles. The maximum absolute atomic E-state index is 11.7. The molecule has 5 heteroatoms. The molecular weight excluding hydrogens is 344 g/mol. The average Bonchev–Trinajstić information content (AvgIpc) is 2.67. The Balaban J connectivity index is 2.29. The highest BCUT2D eigenvalue weighted by atomic mass is 16.7. The highest BCUT2D eigenvalue weighted by Crippen LogP contribution is 2.38. The van der Waals surface area contributed by atoms with Gasteiger partial charge in [0.2, 0.25) is 0 Å². The number of esters is 1. The fraction of sp³-hybridized carbons (Fsp3) is 0.409. The third-order valence-electron chi connectivity index (χ3n) is 4.76. The molecule has 0 aromatic heterocycles. The van der Waals surface area contributed by atoms with Gasteiger partial charge in [-0.3, -0.25) is 4.79 Å². The Hall–Kier alpha value is -2.53. The van der Waals surface area contributed by atoms with Crippen LogP contribution < -0.4 is 4.74 Å². The van der Waals surface area contributed by atoms with Gasteiger partial charge in [-0.25, -0.2) is 0 Å². The predicted molar refractivity (Wildman–Crippen MR) is 104 cm³/mol. The van der Waals surface area contributed by atoms with Crippen molar-refractivity contribution in [1.82, 2.24) is 0 Å². The van der Waals surface area contributed by atoms with Crippen molar-refractivity contribution in [2.45, 2.75) is 45.3 Å². The van der Waals surface area contributed by atoms with Crippen LogP contribution in [0.25, 0.3) is 0 Å². The van der Waals surface area contributed by atoms with Crippen molar-refractivity contribution in [2.75, 3.05) is 13.7 Å². The number of carbonyl (C=O) groups excluding carboxylic acids is 1. The van der Waals surface area contributed by atoms with E-state index in [4.69, 9.17) is 14.2 Å². The van der Waals surface area contributed by atoms with Gasteiger partial charge in [0.25, 0.3) is 0 Å². The summed E-state index contributed by atoms with van der Waals surface area (Å²) in [6.07, 6.45) is 0.566. The minimum atomic E-state index is -0.411. The first-order chi connectivity index (χ1) is 12.9. The minimum absolute atomic E-state index is 0.211. The molecule has 1 N–H and O–H groups in total. The molecule has 2 rings (SSSR count). The first-order valence-electron chi connectivity index (χ1n) is 9.14. The third kappa shape index (κ3) is 5.47. The minimum Gasteiger partial charge on any atom is -0.508 e. The Bertz CT molecular complexity index is 723. The zero-order chi connectivity index (χ0) is 19.9. The summed E-state index contributed by atoms with van der Waals surface area (Å²) >= 11 is 0. The molecule has 2 aromatic rings. The number of carbonyl (C=O) groups is 1. The second kappa shape index (κ2) is 9.42. The van der Waals surface area contributed by atoms with Crippen LogP contribution in [0.4, 0.5) is 0 Å². The highest BCUT2D eigenvalue weighted by molar-refractivity contribution is 5.69. The molecule has 146 valence electrons. The van der Waals surface area contributed by atoms with Gasteiger partial charge in [0.15, 0.2) is 6.29 Å². The summed E-state index contributed by atoms with van der Waals surface area (Å²) in [6, 6.07) is 14.9. The summed E-state index contributed by atoms with van der Waals surface area (Å²) in [7, 11) is 1.39. The van der Waals surface area contributed by atoms with Crippen LogP contribution in [-0.2, 0) is 19.7 Å². The van der Waals surface area contributed by atoms with Gasteiger partial charge in [0.05, 0.1) is 7.11 Å². The number of phenolic OH excluding ortho intramolecular Hbond substituents is 1. The van der Waals surface area contributed by atoms with E-state index < -0.39 is 5.41 Å². The molecule has 27 heavy (non-hydrogen) atoms. The van der Waals surface area contributed by atoms with E-state index in [2.05, 4.69) is 6.92 Å². The van der Waals surface area contributed by atoms with Crippen molar-refractivity contribution in [3.8, 4) is 11.5 Å². The number of aromatic hydroxyl groups is 1. The van der Waals surface area contributed by atoms with Crippen molar-refractivity contribution in [3.63, 3.8) is 0 Å². The molecule has 0 saturated heterocycles. The Morgan fingerprint density at radius 2 is 1.63 bits per heavy atom. The molecule has 0 aliphatic heterocycles. The summed E-state index contributed by atoms with van der Waals surface area (Å²) in [4.78, 5) is 11.7. The molecule has 0 radical (unpaired) electrons. The van der Waals surface area contributed by atoms with E-state index in [0.717, 1.165) is 16.9 Å². The number of rotatable bonds is 9. The second-order valence-electron chi connectivity index (χ2n) is 6.62. The van der Waals surface area contributed by atoms with E-state index in [1.54, 1.807) is 12.1 Å². The van der Waals surface area contributed by atoms with Crippen LogP contribution >= 0.6 is 0 Å². The van der Waals surface area contributed by atoms with Crippen molar-refractivity contribution in [1.29, 1.82) is 0 Å². The van der Waals surface area contributed by atoms with Gasteiger partial charge in [-0.05, 0) is 55.7 Å². The number of ether oxygens (including phenoxy) is 3. The normalized spacial score (nSPS) is 14.2. The highest BCUT2D eigenvalue weighted by Gasteiger charge is 2.30. The number of methoxy groups -OCH3 is 1.